The van der Waals surface area contributed by atoms with Crippen molar-refractivity contribution in [2.45, 2.75) is 0 Å². The maximum Gasteiger partial charge on any atom is 0.276 e. The van der Waals surface area contributed by atoms with Crippen molar-refractivity contribution < 1.29 is 24.3 Å². The van der Waals surface area contributed by atoms with E-state index in [2.05, 4.69) is 0 Å². The lowest BCUT2D eigenvalue weighted by atomic mass is 10.2. The van der Waals surface area contributed by atoms with Gasteiger partial charge in [0.25, 0.3) is 5.69 Å². The Morgan fingerprint density at radius 2 is 1.48 bits per heavy atom. The summed E-state index contributed by atoms with van der Waals surface area (Å²) in [6.45, 7) is 0. The number of ether oxygens (including phenoxy) is 2. The van der Waals surface area contributed by atoms with Crippen molar-refractivity contribution in [3.63, 3.8) is 0 Å². The van der Waals surface area contributed by atoms with Crippen LogP contribution in [0, 0.1) is 10.1 Å². The van der Waals surface area contributed by atoms with Crippen molar-refractivity contribution in [3.8, 4) is 23.0 Å². The number of carboxylic acid groups (broad SMARTS) is 1. The smallest absolute Gasteiger partial charge is 0.276 e. The third kappa shape index (κ3) is 4.74. The number of carbonyl (C=O) groups is 1. The van der Waals surface area contributed by atoms with Gasteiger partial charge in [-0.15, -0.1) is 0 Å². The van der Waals surface area contributed by atoms with Gasteiger partial charge in [0, 0.05) is 11.1 Å². The van der Waals surface area contributed by atoms with E-state index >= 15 is 0 Å². The summed E-state index contributed by atoms with van der Waals surface area (Å²) in [5.74, 6) is -0.258. The van der Waals surface area contributed by atoms with Crippen LogP contribution in [-0.2, 0) is 0 Å². The molecule has 0 saturated heterocycles. The van der Waals surface area contributed by atoms with Gasteiger partial charge in [-0.25, -0.2) is 0 Å². The number of nitrogens with zero attached hydrogens (tertiary/aromatic N) is 1. The average Bonchev–Trinajstić information content (AvgIpc) is 2.62. The molecule has 0 fully saturated rings. The molecule has 0 aliphatic rings. The Labute approximate surface area is 158 Å². The topological polar surface area (TPSA) is 102 Å². The van der Waals surface area contributed by atoms with E-state index in [1.165, 1.54) is 42.5 Å². The first kappa shape index (κ1) is 18.2. The van der Waals surface area contributed by atoms with Crippen LogP contribution in [0.3, 0.4) is 0 Å². The summed E-state index contributed by atoms with van der Waals surface area (Å²) < 4.78 is 11.2. The molecule has 0 heterocycles. The summed E-state index contributed by atoms with van der Waals surface area (Å²) in [5, 5.41) is 22.4. The highest BCUT2D eigenvalue weighted by Crippen LogP contribution is 2.33. The SMILES string of the molecule is O=C([O-])c1ccc(Oc2cc(Oc3cccc(Cl)c3)cc([N+](=O)[O-])c2)cc1. The van der Waals surface area contributed by atoms with E-state index in [4.69, 9.17) is 21.1 Å². The summed E-state index contributed by atoms with van der Waals surface area (Å²) in [6, 6.07) is 16.0. The molecule has 0 atom stereocenters. The first-order chi connectivity index (χ1) is 12.9. The van der Waals surface area contributed by atoms with E-state index in [-0.39, 0.29) is 22.7 Å². The van der Waals surface area contributed by atoms with Gasteiger partial charge in [-0.3, -0.25) is 10.1 Å². The maximum atomic E-state index is 11.2. The molecule has 8 heteroatoms. The van der Waals surface area contributed by atoms with Crippen LogP contribution in [0.15, 0.2) is 66.7 Å². The Kier molecular flexibility index (Phi) is 5.23. The normalized spacial score (nSPS) is 10.3. The number of carboxylic acids is 1. The zero-order valence-electron chi connectivity index (χ0n) is 13.6. The molecule has 0 unspecified atom stereocenters. The van der Waals surface area contributed by atoms with E-state index in [1.807, 2.05) is 0 Å². The standard InChI is InChI=1S/C19H12ClNO6/c20-13-2-1-3-16(8-13)27-18-10-14(21(24)25)9-17(11-18)26-15-6-4-12(5-7-15)19(22)23/h1-11H,(H,22,23)/p-1. The highest BCUT2D eigenvalue weighted by Gasteiger charge is 2.13. The molecule has 0 amide bonds. The van der Waals surface area contributed by atoms with Gasteiger partial charge in [0.1, 0.15) is 23.0 Å². The largest absolute Gasteiger partial charge is 0.545 e. The molecule has 0 saturated carbocycles. The highest BCUT2D eigenvalue weighted by molar-refractivity contribution is 6.30. The third-order valence-electron chi connectivity index (χ3n) is 3.43. The minimum absolute atomic E-state index is 0.00799. The van der Waals surface area contributed by atoms with Crippen molar-refractivity contribution >= 4 is 23.3 Å². The molecule has 0 spiro atoms. The lowest BCUT2D eigenvalue weighted by Crippen LogP contribution is -2.21. The van der Waals surface area contributed by atoms with Crippen LogP contribution in [0.5, 0.6) is 23.0 Å². The molecule has 0 radical (unpaired) electrons. The fraction of sp³-hybridized carbons (Fsp3) is 0. The van der Waals surface area contributed by atoms with Crippen LogP contribution >= 0.6 is 11.6 Å². The second-order valence-corrected chi connectivity index (χ2v) is 5.83. The zero-order valence-corrected chi connectivity index (χ0v) is 14.4. The number of non-ortho nitro benzene ring substituents is 1. The lowest BCUT2D eigenvalue weighted by molar-refractivity contribution is -0.385. The summed E-state index contributed by atoms with van der Waals surface area (Å²) in [4.78, 5) is 21.4. The van der Waals surface area contributed by atoms with Crippen molar-refractivity contribution in [1.29, 1.82) is 0 Å². The van der Waals surface area contributed by atoms with Crippen molar-refractivity contribution in [3.05, 3.63) is 87.4 Å². The van der Waals surface area contributed by atoms with Crippen molar-refractivity contribution in [1.82, 2.24) is 0 Å². The Morgan fingerprint density at radius 1 is 0.852 bits per heavy atom. The molecule has 0 bridgehead atoms. The second kappa shape index (κ2) is 7.76. The Balaban J connectivity index is 1.89. The number of nitro groups is 1. The predicted octanol–water partition coefficient (Wildman–Crippen LogP) is 4.20. The molecule has 7 nitrogen and oxygen atoms in total. The highest BCUT2D eigenvalue weighted by atomic mass is 35.5. The van der Waals surface area contributed by atoms with Gasteiger partial charge in [0.15, 0.2) is 0 Å². The fourth-order valence-corrected chi connectivity index (χ4v) is 2.42. The van der Waals surface area contributed by atoms with Crippen LogP contribution in [0.1, 0.15) is 10.4 Å². The first-order valence-electron chi connectivity index (χ1n) is 7.63. The molecular weight excluding hydrogens is 374 g/mol. The van der Waals surface area contributed by atoms with Gasteiger partial charge >= 0.3 is 0 Å². The van der Waals surface area contributed by atoms with Crippen LogP contribution in [-0.4, -0.2) is 10.9 Å². The summed E-state index contributed by atoms with van der Waals surface area (Å²) in [5.41, 5.74) is -0.234. The molecule has 0 aromatic heterocycles. The monoisotopic (exact) mass is 384 g/mol. The van der Waals surface area contributed by atoms with Crippen LogP contribution in [0.4, 0.5) is 5.69 Å². The zero-order chi connectivity index (χ0) is 19.4. The van der Waals surface area contributed by atoms with E-state index in [1.54, 1.807) is 24.3 Å². The summed E-state index contributed by atoms with van der Waals surface area (Å²) in [6.07, 6.45) is 0. The average molecular weight is 385 g/mol. The van der Waals surface area contributed by atoms with E-state index in [0.717, 1.165) is 0 Å². The number of benzene rings is 3. The minimum atomic E-state index is -1.31. The van der Waals surface area contributed by atoms with Crippen LogP contribution < -0.4 is 14.6 Å². The number of halogens is 1. The van der Waals surface area contributed by atoms with Crippen molar-refractivity contribution in [2.24, 2.45) is 0 Å². The number of rotatable bonds is 6. The lowest BCUT2D eigenvalue weighted by Gasteiger charge is -2.10. The molecule has 0 aliphatic heterocycles. The van der Waals surface area contributed by atoms with Gasteiger partial charge in [0.2, 0.25) is 0 Å². The Morgan fingerprint density at radius 3 is 2.04 bits per heavy atom. The number of carbonyl (C=O) groups excluding carboxylic acids is 1. The predicted molar refractivity (Wildman–Crippen MR) is 95.5 cm³/mol. The van der Waals surface area contributed by atoms with Gasteiger partial charge in [-0.2, -0.15) is 0 Å². The molecule has 0 N–H and O–H groups in total. The van der Waals surface area contributed by atoms with Crippen molar-refractivity contribution in [2.75, 3.05) is 0 Å². The Bertz CT molecular complexity index is 1000. The number of hydrogen-bond acceptors (Lipinski definition) is 6. The fourth-order valence-electron chi connectivity index (χ4n) is 2.24. The van der Waals surface area contributed by atoms with Gasteiger partial charge in [-0.1, -0.05) is 17.7 Å². The van der Waals surface area contributed by atoms with Crippen LogP contribution in [0.2, 0.25) is 5.02 Å². The molecular formula is C19H11ClNO6-. The molecule has 3 aromatic carbocycles. The molecule has 3 aromatic rings. The Hall–Kier alpha value is -3.58. The third-order valence-corrected chi connectivity index (χ3v) is 3.67. The molecule has 136 valence electrons. The minimum Gasteiger partial charge on any atom is -0.545 e. The number of aromatic carboxylic acids is 1. The maximum absolute atomic E-state index is 11.2. The van der Waals surface area contributed by atoms with Gasteiger partial charge in [0.05, 0.1) is 23.0 Å². The molecule has 3 rings (SSSR count). The molecule has 0 aliphatic carbocycles. The summed E-state index contributed by atoms with van der Waals surface area (Å²) in [7, 11) is 0. The number of nitro benzene ring substituents is 1. The first-order valence-corrected chi connectivity index (χ1v) is 8.01. The molecule has 27 heavy (non-hydrogen) atoms. The van der Waals surface area contributed by atoms with E-state index < -0.39 is 10.9 Å². The van der Waals surface area contributed by atoms with Crippen LogP contribution in [0.25, 0.3) is 0 Å². The van der Waals surface area contributed by atoms with Gasteiger partial charge in [-0.05, 0) is 48.0 Å². The van der Waals surface area contributed by atoms with Gasteiger partial charge < -0.3 is 19.4 Å². The summed E-state index contributed by atoms with van der Waals surface area (Å²) >= 11 is 5.91. The van der Waals surface area contributed by atoms with E-state index in [0.29, 0.717) is 16.5 Å². The quantitative estimate of drug-likeness (QED) is 0.466. The van der Waals surface area contributed by atoms with E-state index in [9.17, 15) is 20.0 Å². The second-order valence-electron chi connectivity index (χ2n) is 5.39. The number of hydrogen-bond donors (Lipinski definition) is 0.